The van der Waals surface area contributed by atoms with E-state index in [4.69, 9.17) is 5.26 Å². The first-order valence-electron chi connectivity index (χ1n) is 5.99. The molecule has 2 rings (SSSR count). The van der Waals surface area contributed by atoms with Crippen LogP contribution in [-0.2, 0) is 0 Å². The van der Waals surface area contributed by atoms with E-state index in [1.165, 1.54) is 6.07 Å². The standard InChI is InChI=1S/C13H15F2N3.2ClH/c14-11-2-1-10(9-12(11)15)13(3-4-16)18-7-5-17-6-8-18;;/h1-2,9,13,17H,3,5-8H2;2*1H/t13-;;/m1../s1. The zero-order valence-electron chi connectivity index (χ0n) is 10.8. The van der Waals surface area contributed by atoms with E-state index in [-0.39, 0.29) is 37.3 Å². The maximum Gasteiger partial charge on any atom is 0.159 e. The van der Waals surface area contributed by atoms with Gasteiger partial charge in [0.2, 0.25) is 0 Å². The van der Waals surface area contributed by atoms with Crippen LogP contribution in [0, 0.1) is 23.0 Å². The highest BCUT2D eigenvalue weighted by atomic mass is 35.5. The fourth-order valence-corrected chi connectivity index (χ4v) is 2.26. The molecule has 1 aliphatic heterocycles. The minimum absolute atomic E-state index is 0. The summed E-state index contributed by atoms with van der Waals surface area (Å²) in [6.45, 7) is 3.33. The first-order chi connectivity index (χ1) is 8.72. The van der Waals surface area contributed by atoms with E-state index in [0.29, 0.717) is 5.56 Å². The lowest BCUT2D eigenvalue weighted by atomic mass is 10.0. The van der Waals surface area contributed by atoms with Gasteiger partial charge in [0.15, 0.2) is 11.6 Å². The molecule has 1 saturated heterocycles. The van der Waals surface area contributed by atoms with E-state index in [9.17, 15) is 8.78 Å². The first-order valence-corrected chi connectivity index (χ1v) is 5.99. The highest BCUT2D eigenvalue weighted by Gasteiger charge is 2.22. The number of hydrogen-bond acceptors (Lipinski definition) is 3. The van der Waals surface area contributed by atoms with Gasteiger partial charge in [0, 0.05) is 32.2 Å². The summed E-state index contributed by atoms with van der Waals surface area (Å²) in [5, 5.41) is 12.1. The van der Waals surface area contributed by atoms with E-state index < -0.39 is 11.6 Å². The van der Waals surface area contributed by atoms with E-state index >= 15 is 0 Å². The Balaban J connectivity index is 0.00000180. The van der Waals surface area contributed by atoms with E-state index in [1.807, 2.05) is 0 Å². The maximum absolute atomic E-state index is 13.3. The zero-order chi connectivity index (χ0) is 13.0. The van der Waals surface area contributed by atoms with Crippen molar-refractivity contribution < 1.29 is 8.78 Å². The van der Waals surface area contributed by atoms with Crippen molar-refractivity contribution in [2.45, 2.75) is 12.5 Å². The molecule has 0 spiro atoms. The van der Waals surface area contributed by atoms with Gasteiger partial charge in [-0.15, -0.1) is 24.8 Å². The van der Waals surface area contributed by atoms with Gasteiger partial charge >= 0.3 is 0 Å². The lowest BCUT2D eigenvalue weighted by molar-refractivity contribution is 0.175. The summed E-state index contributed by atoms with van der Waals surface area (Å²) in [6, 6.07) is 5.83. The molecule has 0 aromatic heterocycles. The van der Waals surface area contributed by atoms with E-state index in [0.717, 1.165) is 32.2 Å². The van der Waals surface area contributed by atoms with Gasteiger partial charge in [-0.05, 0) is 17.7 Å². The van der Waals surface area contributed by atoms with Gasteiger partial charge in [-0.3, -0.25) is 4.90 Å². The Morgan fingerprint density at radius 2 is 1.85 bits per heavy atom. The molecule has 0 unspecified atom stereocenters. The van der Waals surface area contributed by atoms with Crippen molar-refractivity contribution in [3.63, 3.8) is 0 Å². The summed E-state index contributed by atoms with van der Waals surface area (Å²) in [7, 11) is 0. The van der Waals surface area contributed by atoms with Crippen LogP contribution in [0.15, 0.2) is 18.2 Å². The topological polar surface area (TPSA) is 39.1 Å². The number of piperazine rings is 1. The molecule has 0 bridgehead atoms. The number of rotatable bonds is 3. The second-order valence-electron chi connectivity index (χ2n) is 4.34. The highest BCUT2D eigenvalue weighted by Crippen LogP contribution is 2.25. The molecule has 1 aromatic carbocycles. The summed E-state index contributed by atoms with van der Waals surface area (Å²) >= 11 is 0. The molecule has 1 aliphatic rings. The molecule has 3 nitrogen and oxygen atoms in total. The lowest BCUT2D eigenvalue weighted by Gasteiger charge is -2.34. The monoisotopic (exact) mass is 323 g/mol. The molecule has 0 saturated carbocycles. The summed E-state index contributed by atoms with van der Waals surface area (Å²) in [6.07, 6.45) is 0.283. The van der Waals surface area contributed by atoms with E-state index in [1.54, 1.807) is 6.07 Å². The Morgan fingerprint density at radius 1 is 1.20 bits per heavy atom. The van der Waals surface area contributed by atoms with Gasteiger partial charge in [-0.25, -0.2) is 8.78 Å². The van der Waals surface area contributed by atoms with Gasteiger partial charge in [-0.1, -0.05) is 6.07 Å². The summed E-state index contributed by atoms with van der Waals surface area (Å²) < 4.78 is 26.2. The Labute approximate surface area is 129 Å². The largest absolute Gasteiger partial charge is 0.314 e. The molecular weight excluding hydrogens is 307 g/mol. The van der Waals surface area contributed by atoms with Crippen LogP contribution in [0.1, 0.15) is 18.0 Å². The van der Waals surface area contributed by atoms with Crippen molar-refractivity contribution in [1.29, 1.82) is 5.26 Å². The Morgan fingerprint density at radius 3 is 2.40 bits per heavy atom. The van der Waals surface area contributed by atoms with Crippen LogP contribution >= 0.6 is 24.8 Å². The number of halogens is 4. The van der Waals surface area contributed by atoms with Crippen molar-refractivity contribution >= 4 is 24.8 Å². The molecule has 0 aliphatic carbocycles. The SMILES string of the molecule is Cl.Cl.N#CC[C@H](c1ccc(F)c(F)c1)N1CCNCC1. The minimum atomic E-state index is -0.856. The number of benzene rings is 1. The van der Waals surface area contributed by atoms with Crippen molar-refractivity contribution in [3.8, 4) is 6.07 Å². The fraction of sp³-hybridized carbons (Fsp3) is 0.462. The fourth-order valence-electron chi connectivity index (χ4n) is 2.26. The number of hydrogen-bond donors (Lipinski definition) is 1. The molecular formula is C13H17Cl2F2N3. The Kier molecular flexibility index (Phi) is 8.67. The van der Waals surface area contributed by atoms with Gasteiger partial charge in [0.25, 0.3) is 0 Å². The van der Waals surface area contributed by atoms with Crippen LogP contribution in [0.25, 0.3) is 0 Å². The third-order valence-corrected chi connectivity index (χ3v) is 3.21. The highest BCUT2D eigenvalue weighted by molar-refractivity contribution is 5.85. The summed E-state index contributed by atoms with van der Waals surface area (Å²) in [5.74, 6) is -1.71. The van der Waals surface area contributed by atoms with Crippen LogP contribution < -0.4 is 5.32 Å². The molecule has 112 valence electrons. The third-order valence-electron chi connectivity index (χ3n) is 3.21. The average Bonchev–Trinajstić information content (AvgIpc) is 2.40. The van der Waals surface area contributed by atoms with Crippen molar-refractivity contribution in [2.75, 3.05) is 26.2 Å². The summed E-state index contributed by atoms with van der Waals surface area (Å²) in [5.41, 5.74) is 0.664. The maximum atomic E-state index is 13.3. The Hall–Kier alpha value is -0.930. The van der Waals surface area contributed by atoms with E-state index in [2.05, 4.69) is 16.3 Å². The van der Waals surface area contributed by atoms with Crippen molar-refractivity contribution in [2.24, 2.45) is 0 Å². The van der Waals surface area contributed by atoms with Crippen molar-refractivity contribution in [1.82, 2.24) is 10.2 Å². The van der Waals surface area contributed by atoms with Crippen LogP contribution in [0.5, 0.6) is 0 Å². The normalized spacial score (nSPS) is 16.4. The zero-order valence-corrected chi connectivity index (χ0v) is 12.4. The Bertz CT molecular complexity index is 459. The second kappa shape index (κ2) is 9.09. The molecule has 1 atom stereocenters. The molecule has 20 heavy (non-hydrogen) atoms. The molecule has 1 heterocycles. The van der Waals surface area contributed by atoms with Crippen LogP contribution in [0.4, 0.5) is 8.78 Å². The second-order valence-corrected chi connectivity index (χ2v) is 4.34. The third kappa shape index (κ3) is 4.57. The molecule has 1 fully saturated rings. The minimum Gasteiger partial charge on any atom is -0.314 e. The molecule has 0 radical (unpaired) electrons. The lowest BCUT2D eigenvalue weighted by Crippen LogP contribution is -2.45. The number of nitrogens with zero attached hydrogens (tertiary/aromatic N) is 2. The van der Waals surface area contributed by atoms with Crippen molar-refractivity contribution in [3.05, 3.63) is 35.4 Å². The predicted octanol–water partition coefficient (Wildman–Crippen LogP) is 2.67. The van der Waals surface area contributed by atoms with Gasteiger partial charge < -0.3 is 5.32 Å². The number of nitriles is 1. The van der Waals surface area contributed by atoms with Gasteiger partial charge in [-0.2, -0.15) is 5.26 Å². The van der Waals surface area contributed by atoms with Crippen LogP contribution in [-0.4, -0.2) is 31.1 Å². The smallest absolute Gasteiger partial charge is 0.159 e. The molecule has 1 N–H and O–H groups in total. The van der Waals surface area contributed by atoms with Crippen LogP contribution in [0.2, 0.25) is 0 Å². The van der Waals surface area contributed by atoms with Crippen LogP contribution in [0.3, 0.4) is 0 Å². The van der Waals surface area contributed by atoms with Gasteiger partial charge in [0.05, 0.1) is 12.5 Å². The summed E-state index contributed by atoms with van der Waals surface area (Å²) in [4.78, 5) is 2.13. The molecule has 1 aromatic rings. The quantitative estimate of drug-likeness (QED) is 0.929. The predicted molar refractivity (Wildman–Crippen MR) is 78.3 cm³/mol. The number of nitrogens with one attached hydrogen (secondary N) is 1. The first kappa shape index (κ1) is 19.1. The van der Waals surface area contributed by atoms with Gasteiger partial charge in [0.1, 0.15) is 0 Å². The molecule has 7 heteroatoms. The molecule has 0 amide bonds. The average molecular weight is 324 g/mol.